The molecule has 1 heterocycles. The van der Waals surface area contributed by atoms with E-state index in [1.807, 2.05) is 19.1 Å². The van der Waals surface area contributed by atoms with Gasteiger partial charge in [-0.25, -0.2) is 0 Å². The fourth-order valence-corrected chi connectivity index (χ4v) is 2.30. The van der Waals surface area contributed by atoms with Crippen LogP contribution in [0.4, 0.5) is 5.69 Å². The summed E-state index contributed by atoms with van der Waals surface area (Å²) in [6.45, 7) is 2.80. The summed E-state index contributed by atoms with van der Waals surface area (Å²) < 4.78 is 5.61. The van der Waals surface area contributed by atoms with Crippen molar-refractivity contribution >= 4 is 17.6 Å². The quantitative estimate of drug-likeness (QED) is 0.707. The van der Waals surface area contributed by atoms with Crippen molar-refractivity contribution in [3.63, 3.8) is 0 Å². The second kappa shape index (κ2) is 7.08. The van der Waals surface area contributed by atoms with Crippen molar-refractivity contribution < 1.29 is 19.4 Å². The second-order valence-electron chi connectivity index (χ2n) is 4.95. The number of benzene rings is 1. The molecule has 6 nitrogen and oxygen atoms in total. The molecular weight excluding hydrogens is 272 g/mol. The van der Waals surface area contributed by atoms with E-state index in [4.69, 9.17) is 9.84 Å². The number of carboxylic acids is 1. The highest BCUT2D eigenvalue weighted by atomic mass is 16.5. The van der Waals surface area contributed by atoms with E-state index in [9.17, 15) is 9.59 Å². The lowest BCUT2D eigenvalue weighted by atomic mass is 10.0. The van der Waals surface area contributed by atoms with Gasteiger partial charge in [0.25, 0.3) is 0 Å². The van der Waals surface area contributed by atoms with Gasteiger partial charge < -0.3 is 20.5 Å². The molecule has 114 valence electrons. The standard InChI is InChI=1S/C15H20N2O4/c1-2-16-13(15(19)20)7-8-21-11-4-5-12-10(9-11)3-6-14(18)17-12/h4-5,9,13,16H,2-3,6-8H2,1H3,(H,17,18)(H,19,20). The molecule has 1 atom stereocenters. The van der Waals surface area contributed by atoms with Gasteiger partial charge in [0.1, 0.15) is 11.8 Å². The SMILES string of the molecule is CCNC(CCOc1ccc2c(c1)CCC(=O)N2)C(=O)O. The number of hydrogen-bond donors (Lipinski definition) is 3. The van der Waals surface area contributed by atoms with E-state index in [-0.39, 0.29) is 5.91 Å². The number of rotatable bonds is 7. The maximum absolute atomic E-state index is 11.3. The first kappa shape index (κ1) is 15.3. The van der Waals surface area contributed by atoms with Crippen LogP contribution in [0, 0.1) is 0 Å². The number of anilines is 1. The Balaban J connectivity index is 1.89. The minimum atomic E-state index is -0.867. The first-order chi connectivity index (χ1) is 10.1. The molecule has 0 saturated heterocycles. The number of likely N-dealkylation sites (N-methyl/N-ethyl adjacent to an activating group) is 1. The lowest BCUT2D eigenvalue weighted by Crippen LogP contribution is -2.37. The van der Waals surface area contributed by atoms with Gasteiger partial charge in [-0.05, 0) is 36.7 Å². The number of nitrogens with one attached hydrogen (secondary N) is 2. The Bertz CT molecular complexity index is 530. The van der Waals surface area contributed by atoms with Crippen molar-refractivity contribution in [2.24, 2.45) is 0 Å². The molecule has 2 rings (SSSR count). The molecule has 1 aliphatic heterocycles. The molecule has 0 spiro atoms. The van der Waals surface area contributed by atoms with E-state index in [2.05, 4.69) is 10.6 Å². The second-order valence-corrected chi connectivity index (χ2v) is 4.95. The summed E-state index contributed by atoms with van der Waals surface area (Å²) in [5.74, 6) is -0.134. The number of fused-ring (bicyclic) bond motifs is 1. The molecule has 0 radical (unpaired) electrons. The van der Waals surface area contributed by atoms with Gasteiger partial charge in [0, 0.05) is 18.5 Å². The summed E-state index contributed by atoms with van der Waals surface area (Å²) in [6.07, 6.45) is 1.59. The number of amides is 1. The van der Waals surface area contributed by atoms with Gasteiger partial charge in [0.05, 0.1) is 6.61 Å². The van der Waals surface area contributed by atoms with E-state index in [1.165, 1.54) is 0 Å². The Morgan fingerprint density at radius 2 is 2.29 bits per heavy atom. The van der Waals surface area contributed by atoms with Crippen LogP contribution in [0.15, 0.2) is 18.2 Å². The van der Waals surface area contributed by atoms with E-state index >= 15 is 0 Å². The van der Waals surface area contributed by atoms with Crippen LogP contribution in [0.2, 0.25) is 0 Å². The third-order valence-corrected chi connectivity index (χ3v) is 3.40. The third-order valence-electron chi connectivity index (χ3n) is 3.40. The first-order valence-corrected chi connectivity index (χ1v) is 7.12. The molecule has 3 N–H and O–H groups in total. The fraction of sp³-hybridized carbons (Fsp3) is 0.467. The van der Waals surface area contributed by atoms with Crippen LogP contribution < -0.4 is 15.4 Å². The molecule has 0 bridgehead atoms. The highest BCUT2D eigenvalue weighted by molar-refractivity contribution is 5.93. The number of ether oxygens (including phenoxy) is 1. The average Bonchev–Trinajstić information content (AvgIpc) is 2.46. The predicted octanol–water partition coefficient (Wildman–Crippen LogP) is 1.40. The zero-order valence-electron chi connectivity index (χ0n) is 12.0. The molecule has 1 unspecified atom stereocenters. The molecule has 0 aliphatic carbocycles. The normalized spacial score (nSPS) is 15.0. The van der Waals surface area contributed by atoms with Crippen LogP contribution in [0.1, 0.15) is 25.3 Å². The fourth-order valence-electron chi connectivity index (χ4n) is 2.30. The summed E-state index contributed by atoms with van der Waals surface area (Å²) in [7, 11) is 0. The van der Waals surface area contributed by atoms with Crippen molar-refractivity contribution in [2.75, 3.05) is 18.5 Å². The van der Waals surface area contributed by atoms with E-state index in [1.54, 1.807) is 6.07 Å². The van der Waals surface area contributed by atoms with Gasteiger partial charge in [-0.1, -0.05) is 6.92 Å². The van der Waals surface area contributed by atoms with Gasteiger partial charge >= 0.3 is 5.97 Å². The van der Waals surface area contributed by atoms with E-state index in [0.29, 0.717) is 38.2 Å². The Hall–Kier alpha value is -2.08. The van der Waals surface area contributed by atoms with Crippen LogP contribution in [0.3, 0.4) is 0 Å². The Kier molecular flexibility index (Phi) is 5.16. The van der Waals surface area contributed by atoms with Gasteiger partial charge in [-0.3, -0.25) is 9.59 Å². The largest absolute Gasteiger partial charge is 0.494 e. The van der Waals surface area contributed by atoms with Crippen molar-refractivity contribution in [3.05, 3.63) is 23.8 Å². The molecule has 0 aromatic heterocycles. The number of carbonyl (C=O) groups excluding carboxylic acids is 1. The molecule has 1 amide bonds. The molecule has 1 aromatic rings. The van der Waals surface area contributed by atoms with Crippen molar-refractivity contribution in [1.29, 1.82) is 0 Å². The number of hydrogen-bond acceptors (Lipinski definition) is 4. The lowest BCUT2D eigenvalue weighted by Gasteiger charge is -2.18. The Morgan fingerprint density at radius 3 is 3.00 bits per heavy atom. The maximum Gasteiger partial charge on any atom is 0.320 e. The number of carboxylic acid groups (broad SMARTS) is 1. The Labute approximate surface area is 123 Å². The molecule has 21 heavy (non-hydrogen) atoms. The summed E-state index contributed by atoms with van der Waals surface area (Å²) >= 11 is 0. The molecule has 6 heteroatoms. The van der Waals surface area contributed by atoms with Gasteiger partial charge in [-0.2, -0.15) is 0 Å². The van der Waals surface area contributed by atoms with Crippen molar-refractivity contribution in [3.8, 4) is 5.75 Å². The van der Waals surface area contributed by atoms with E-state index in [0.717, 1.165) is 11.3 Å². The van der Waals surface area contributed by atoms with Crippen LogP contribution in [-0.4, -0.2) is 36.2 Å². The highest BCUT2D eigenvalue weighted by Gasteiger charge is 2.17. The molecular formula is C15H20N2O4. The molecule has 1 aliphatic rings. The maximum atomic E-state index is 11.3. The number of carbonyl (C=O) groups is 2. The Morgan fingerprint density at radius 1 is 1.48 bits per heavy atom. The molecule has 0 saturated carbocycles. The smallest absolute Gasteiger partial charge is 0.320 e. The highest BCUT2D eigenvalue weighted by Crippen LogP contribution is 2.26. The summed E-state index contributed by atoms with van der Waals surface area (Å²) in [4.78, 5) is 22.3. The van der Waals surface area contributed by atoms with Gasteiger partial charge in [0.2, 0.25) is 5.91 Å². The van der Waals surface area contributed by atoms with Gasteiger partial charge in [0.15, 0.2) is 0 Å². The summed E-state index contributed by atoms with van der Waals surface area (Å²) in [5, 5.41) is 14.7. The number of aliphatic carboxylic acids is 1. The minimum Gasteiger partial charge on any atom is -0.494 e. The minimum absolute atomic E-state index is 0.0334. The zero-order chi connectivity index (χ0) is 15.2. The summed E-state index contributed by atoms with van der Waals surface area (Å²) in [6, 6.07) is 4.92. The van der Waals surface area contributed by atoms with Crippen LogP contribution in [-0.2, 0) is 16.0 Å². The molecule has 0 fully saturated rings. The number of aryl methyl sites for hydroxylation is 1. The zero-order valence-corrected chi connectivity index (χ0v) is 12.0. The topological polar surface area (TPSA) is 87.7 Å². The monoisotopic (exact) mass is 292 g/mol. The predicted molar refractivity (Wildman–Crippen MR) is 78.6 cm³/mol. The third kappa shape index (κ3) is 4.19. The summed E-state index contributed by atoms with van der Waals surface area (Å²) in [5.41, 5.74) is 1.88. The van der Waals surface area contributed by atoms with Crippen molar-refractivity contribution in [1.82, 2.24) is 5.32 Å². The lowest BCUT2D eigenvalue weighted by molar-refractivity contribution is -0.139. The average molecular weight is 292 g/mol. The van der Waals surface area contributed by atoms with Crippen LogP contribution in [0.5, 0.6) is 5.75 Å². The van der Waals surface area contributed by atoms with E-state index < -0.39 is 12.0 Å². The van der Waals surface area contributed by atoms with Crippen molar-refractivity contribution in [2.45, 2.75) is 32.2 Å². The molecule has 1 aromatic carbocycles. The van der Waals surface area contributed by atoms with Crippen LogP contribution in [0.25, 0.3) is 0 Å². The first-order valence-electron chi connectivity index (χ1n) is 7.12. The van der Waals surface area contributed by atoms with Gasteiger partial charge in [-0.15, -0.1) is 0 Å². The van der Waals surface area contributed by atoms with Crippen LogP contribution >= 0.6 is 0 Å².